The fourth-order valence-electron chi connectivity index (χ4n) is 3.75. The Balaban J connectivity index is 1.59. The molecule has 4 heteroatoms. The zero-order valence-electron chi connectivity index (χ0n) is 12.9. The van der Waals surface area contributed by atoms with Crippen molar-refractivity contribution in [1.29, 1.82) is 0 Å². The summed E-state index contributed by atoms with van der Waals surface area (Å²) in [4.78, 5) is 16.3. The van der Waals surface area contributed by atoms with Crippen LogP contribution in [0.3, 0.4) is 0 Å². The number of nitrogens with zero attached hydrogens (tertiary/aromatic N) is 1. The SMILES string of the molecule is CCC1c2ccsc2CCN1C(=O)CCC1CCCCN1. The lowest BCUT2D eigenvalue weighted by Gasteiger charge is -2.36. The van der Waals surface area contributed by atoms with Gasteiger partial charge in [-0.3, -0.25) is 4.79 Å². The molecule has 0 spiro atoms. The first kappa shape index (κ1) is 15.0. The second-order valence-corrected chi connectivity index (χ2v) is 7.25. The number of hydrogen-bond acceptors (Lipinski definition) is 3. The summed E-state index contributed by atoms with van der Waals surface area (Å²) in [6.07, 6.45) is 7.60. The van der Waals surface area contributed by atoms with Crippen molar-refractivity contribution in [3.63, 3.8) is 0 Å². The average molecular weight is 306 g/mol. The molecular weight excluding hydrogens is 280 g/mol. The number of piperidine rings is 1. The first-order valence-electron chi connectivity index (χ1n) is 8.38. The molecule has 1 aromatic rings. The normalized spacial score (nSPS) is 25.7. The highest BCUT2D eigenvalue weighted by Gasteiger charge is 2.30. The van der Waals surface area contributed by atoms with Gasteiger partial charge in [0, 0.05) is 23.9 Å². The summed E-state index contributed by atoms with van der Waals surface area (Å²) in [5.74, 6) is 0.353. The molecule has 2 atom stereocenters. The van der Waals surface area contributed by atoms with E-state index in [-0.39, 0.29) is 0 Å². The minimum atomic E-state index is 0.312. The highest BCUT2D eigenvalue weighted by atomic mass is 32.1. The summed E-state index contributed by atoms with van der Waals surface area (Å²) < 4.78 is 0. The molecule has 1 aromatic heterocycles. The molecule has 21 heavy (non-hydrogen) atoms. The van der Waals surface area contributed by atoms with Crippen LogP contribution in [0.5, 0.6) is 0 Å². The summed E-state index contributed by atoms with van der Waals surface area (Å²) in [7, 11) is 0. The van der Waals surface area contributed by atoms with E-state index in [2.05, 4.69) is 28.6 Å². The van der Waals surface area contributed by atoms with E-state index in [0.717, 1.165) is 32.4 Å². The van der Waals surface area contributed by atoms with Gasteiger partial charge in [0.1, 0.15) is 0 Å². The molecule has 0 aliphatic carbocycles. The zero-order valence-corrected chi connectivity index (χ0v) is 13.8. The molecule has 1 fully saturated rings. The van der Waals surface area contributed by atoms with Gasteiger partial charge in [-0.2, -0.15) is 0 Å². The molecule has 1 saturated heterocycles. The van der Waals surface area contributed by atoms with Crippen molar-refractivity contribution >= 4 is 17.2 Å². The predicted octanol–water partition coefficient (Wildman–Crippen LogP) is 3.51. The molecule has 2 unspecified atom stereocenters. The van der Waals surface area contributed by atoms with Crippen LogP contribution in [0.15, 0.2) is 11.4 Å². The molecular formula is C17H26N2OS. The van der Waals surface area contributed by atoms with Gasteiger partial charge in [0.25, 0.3) is 0 Å². The Labute approximate surface area is 131 Å². The molecule has 3 heterocycles. The molecule has 1 amide bonds. The third-order valence-electron chi connectivity index (χ3n) is 4.92. The third kappa shape index (κ3) is 3.32. The van der Waals surface area contributed by atoms with Crippen molar-refractivity contribution in [1.82, 2.24) is 10.2 Å². The maximum absolute atomic E-state index is 12.6. The van der Waals surface area contributed by atoms with Gasteiger partial charge in [-0.1, -0.05) is 13.3 Å². The molecule has 3 rings (SSSR count). The quantitative estimate of drug-likeness (QED) is 0.923. The van der Waals surface area contributed by atoms with E-state index in [1.807, 2.05) is 11.3 Å². The molecule has 3 nitrogen and oxygen atoms in total. The van der Waals surface area contributed by atoms with Crippen LogP contribution in [-0.2, 0) is 11.2 Å². The topological polar surface area (TPSA) is 32.3 Å². The molecule has 116 valence electrons. The third-order valence-corrected chi connectivity index (χ3v) is 5.92. The maximum Gasteiger partial charge on any atom is 0.223 e. The predicted molar refractivity (Wildman–Crippen MR) is 87.6 cm³/mol. The molecule has 0 bridgehead atoms. The minimum Gasteiger partial charge on any atom is -0.335 e. The van der Waals surface area contributed by atoms with Gasteiger partial charge in [-0.25, -0.2) is 0 Å². The van der Waals surface area contributed by atoms with Crippen molar-refractivity contribution < 1.29 is 4.79 Å². The van der Waals surface area contributed by atoms with Crippen LogP contribution in [-0.4, -0.2) is 29.9 Å². The minimum absolute atomic E-state index is 0.312. The Kier molecular flexibility index (Phi) is 4.96. The van der Waals surface area contributed by atoms with E-state index < -0.39 is 0 Å². The Morgan fingerprint density at radius 1 is 1.48 bits per heavy atom. The summed E-state index contributed by atoms with van der Waals surface area (Å²) >= 11 is 1.85. The van der Waals surface area contributed by atoms with Crippen molar-refractivity contribution in [3.05, 3.63) is 21.9 Å². The van der Waals surface area contributed by atoms with Gasteiger partial charge in [-0.05, 0) is 55.7 Å². The largest absolute Gasteiger partial charge is 0.335 e. The lowest BCUT2D eigenvalue weighted by Crippen LogP contribution is -2.40. The molecule has 2 aliphatic heterocycles. The number of rotatable bonds is 4. The highest BCUT2D eigenvalue weighted by Crippen LogP contribution is 2.35. The van der Waals surface area contributed by atoms with Crippen molar-refractivity contribution in [3.8, 4) is 0 Å². The van der Waals surface area contributed by atoms with E-state index in [0.29, 0.717) is 24.4 Å². The molecule has 0 saturated carbocycles. The van der Waals surface area contributed by atoms with E-state index in [4.69, 9.17) is 0 Å². The van der Waals surface area contributed by atoms with E-state index in [1.165, 1.54) is 29.7 Å². The first-order chi connectivity index (χ1) is 10.3. The maximum atomic E-state index is 12.6. The Morgan fingerprint density at radius 2 is 2.38 bits per heavy atom. The first-order valence-corrected chi connectivity index (χ1v) is 9.26. The molecule has 1 N–H and O–H groups in total. The number of nitrogens with one attached hydrogen (secondary N) is 1. The number of amides is 1. The fourth-order valence-corrected chi connectivity index (χ4v) is 4.68. The summed E-state index contributed by atoms with van der Waals surface area (Å²) in [6.45, 7) is 4.22. The number of fused-ring (bicyclic) bond motifs is 1. The average Bonchev–Trinajstić information content (AvgIpc) is 3.01. The van der Waals surface area contributed by atoms with Crippen molar-refractivity contribution in [2.24, 2.45) is 0 Å². The Hall–Kier alpha value is -0.870. The number of carbonyl (C=O) groups is 1. The van der Waals surface area contributed by atoms with E-state index in [9.17, 15) is 4.79 Å². The van der Waals surface area contributed by atoms with Crippen LogP contribution >= 0.6 is 11.3 Å². The van der Waals surface area contributed by atoms with Crippen LogP contribution < -0.4 is 5.32 Å². The van der Waals surface area contributed by atoms with E-state index in [1.54, 1.807) is 0 Å². The monoisotopic (exact) mass is 306 g/mol. The van der Waals surface area contributed by atoms with E-state index >= 15 is 0 Å². The summed E-state index contributed by atoms with van der Waals surface area (Å²) in [5.41, 5.74) is 1.40. The molecule has 0 radical (unpaired) electrons. The van der Waals surface area contributed by atoms with Crippen LogP contribution in [0, 0.1) is 0 Å². The number of hydrogen-bond donors (Lipinski definition) is 1. The van der Waals surface area contributed by atoms with Crippen LogP contribution in [0.4, 0.5) is 0 Å². The van der Waals surface area contributed by atoms with Crippen molar-refractivity contribution in [2.75, 3.05) is 13.1 Å². The second-order valence-electron chi connectivity index (χ2n) is 6.25. The molecule has 2 aliphatic rings. The Morgan fingerprint density at radius 3 is 3.14 bits per heavy atom. The van der Waals surface area contributed by atoms with Gasteiger partial charge in [0.15, 0.2) is 0 Å². The van der Waals surface area contributed by atoms with Gasteiger partial charge in [0.05, 0.1) is 6.04 Å². The fraction of sp³-hybridized carbons (Fsp3) is 0.706. The Bertz CT molecular complexity index is 479. The van der Waals surface area contributed by atoms with Crippen LogP contribution in [0.25, 0.3) is 0 Å². The van der Waals surface area contributed by atoms with Gasteiger partial charge in [0.2, 0.25) is 5.91 Å². The van der Waals surface area contributed by atoms with Crippen molar-refractivity contribution in [2.45, 2.75) is 64.0 Å². The number of carbonyl (C=O) groups excluding carboxylic acids is 1. The van der Waals surface area contributed by atoms with Gasteiger partial charge >= 0.3 is 0 Å². The lowest BCUT2D eigenvalue weighted by molar-refractivity contribution is -0.134. The molecule has 0 aromatic carbocycles. The highest BCUT2D eigenvalue weighted by molar-refractivity contribution is 7.10. The lowest BCUT2D eigenvalue weighted by atomic mass is 9.96. The summed E-state index contributed by atoms with van der Waals surface area (Å²) in [5, 5.41) is 5.72. The van der Waals surface area contributed by atoms with Gasteiger partial charge < -0.3 is 10.2 Å². The smallest absolute Gasteiger partial charge is 0.223 e. The standard InChI is InChI=1S/C17H26N2OS/c1-2-15-14-9-12-21-16(14)8-11-19(15)17(20)7-6-13-5-3-4-10-18-13/h9,12-13,15,18H,2-8,10-11H2,1H3. The zero-order chi connectivity index (χ0) is 14.7. The van der Waals surface area contributed by atoms with Crippen LogP contribution in [0.2, 0.25) is 0 Å². The number of thiophene rings is 1. The second kappa shape index (κ2) is 6.93. The van der Waals surface area contributed by atoms with Crippen LogP contribution in [0.1, 0.15) is 61.9 Å². The summed E-state index contributed by atoms with van der Waals surface area (Å²) in [6, 6.07) is 3.09. The van der Waals surface area contributed by atoms with Gasteiger partial charge in [-0.15, -0.1) is 11.3 Å².